The molecule has 0 aliphatic rings. The smallest absolute Gasteiger partial charge is 0.408 e. The molecule has 24 heavy (non-hydrogen) atoms. The van der Waals surface area contributed by atoms with Crippen molar-refractivity contribution in [3.8, 4) is 0 Å². The number of carbonyl (C=O) groups excluding carboxylic acids is 2. The number of carboxylic acids is 1. The standard InChI is InChI=1S/C14H26FN3O5S/c1-14(2,3)23-13(22)17-9(6-4-5-7-16)11(19)18(15)10(8-24)12(20)21/h9-10,24H,4-8,16H2,1-3H3,(H,17,22)(H,20,21)/t9-,10-/m0/s1. The Balaban J connectivity index is 5.06. The van der Waals surface area contributed by atoms with E-state index in [-0.39, 0.29) is 6.42 Å². The first-order valence-electron chi connectivity index (χ1n) is 7.55. The first-order chi connectivity index (χ1) is 11.0. The summed E-state index contributed by atoms with van der Waals surface area (Å²) in [5.41, 5.74) is 4.58. The van der Waals surface area contributed by atoms with Crippen molar-refractivity contribution in [2.24, 2.45) is 5.73 Å². The molecule has 2 amide bonds. The number of aliphatic carboxylic acids is 1. The van der Waals surface area contributed by atoms with Gasteiger partial charge in [-0.2, -0.15) is 17.8 Å². The lowest BCUT2D eigenvalue weighted by atomic mass is 10.1. The molecule has 0 aliphatic heterocycles. The molecule has 0 aromatic heterocycles. The Labute approximate surface area is 146 Å². The molecule has 0 aromatic rings. The number of alkyl carbamates (subject to hydrolysis) is 1. The minimum absolute atomic E-state index is 0.106. The topological polar surface area (TPSA) is 122 Å². The van der Waals surface area contributed by atoms with E-state index in [0.29, 0.717) is 19.4 Å². The molecule has 0 heterocycles. The maximum atomic E-state index is 14.1. The molecule has 0 bridgehead atoms. The number of nitrogens with zero attached hydrogens (tertiary/aromatic N) is 1. The first kappa shape index (κ1) is 22.4. The third kappa shape index (κ3) is 8.34. The molecule has 0 fully saturated rings. The molecule has 10 heteroatoms. The third-order valence-electron chi connectivity index (χ3n) is 2.88. The Bertz CT molecular complexity index is 445. The average molecular weight is 367 g/mol. The Morgan fingerprint density at radius 3 is 2.33 bits per heavy atom. The number of ether oxygens (including phenoxy) is 1. The van der Waals surface area contributed by atoms with E-state index < -0.39 is 46.5 Å². The first-order valence-corrected chi connectivity index (χ1v) is 8.18. The summed E-state index contributed by atoms with van der Waals surface area (Å²) in [6, 6.07) is -2.99. The number of halogens is 1. The van der Waals surface area contributed by atoms with Gasteiger partial charge in [-0.1, -0.05) is 4.48 Å². The van der Waals surface area contributed by atoms with Crippen molar-refractivity contribution in [1.82, 2.24) is 10.4 Å². The second kappa shape index (κ2) is 10.3. The molecule has 8 nitrogen and oxygen atoms in total. The molecule has 0 aromatic carbocycles. The van der Waals surface area contributed by atoms with Gasteiger partial charge in [-0.15, -0.1) is 0 Å². The number of amides is 2. The quantitative estimate of drug-likeness (QED) is 0.275. The second-order valence-electron chi connectivity index (χ2n) is 6.17. The van der Waals surface area contributed by atoms with E-state index in [4.69, 9.17) is 15.6 Å². The monoisotopic (exact) mass is 367 g/mol. The van der Waals surface area contributed by atoms with Crippen LogP contribution < -0.4 is 11.1 Å². The van der Waals surface area contributed by atoms with E-state index in [0.717, 1.165) is 0 Å². The van der Waals surface area contributed by atoms with E-state index >= 15 is 0 Å². The highest BCUT2D eigenvalue weighted by Gasteiger charge is 2.35. The van der Waals surface area contributed by atoms with Gasteiger partial charge in [0.2, 0.25) is 0 Å². The van der Waals surface area contributed by atoms with Crippen molar-refractivity contribution in [2.45, 2.75) is 57.7 Å². The number of thiol groups is 1. The summed E-state index contributed by atoms with van der Waals surface area (Å²) in [5, 5.41) is 10.8. The predicted molar refractivity (Wildman–Crippen MR) is 89.3 cm³/mol. The zero-order valence-electron chi connectivity index (χ0n) is 14.1. The molecule has 0 spiro atoms. The normalized spacial score (nSPS) is 13.8. The van der Waals surface area contributed by atoms with Crippen LogP contribution in [0.2, 0.25) is 0 Å². The molecule has 2 atom stereocenters. The van der Waals surface area contributed by atoms with E-state index in [2.05, 4.69) is 17.9 Å². The van der Waals surface area contributed by atoms with Crippen LogP contribution in [0.15, 0.2) is 0 Å². The minimum atomic E-state index is -1.74. The van der Waals surface area contributed by atoms with Crippen molar-refractivity contribution in [3.63, 3.8) is 0 Å². The number of carboxylic acid groups (broad SMARTS) is 1. The van der Waals surface area contributed by atoms with Crippen LogP contribution in [0, 0.1) is 0 Å². The number of hydrogen-bond donors (Lipinski definition) is 4. The molecule has 140 valence electrons. The summed E-state index contributed by atoms with van der Waals surface area (Å²) in [6.07, 6.45) is 0.241. The van der Waals surface area contributed by atoms with Crippen LogP contribution in [-0.2, 0) is 14.3 Å². The maximum absolute atomic E-state index is 14.1. The Kier molecular flexibility index (Phi) is 9.67. The van der Waals surface area contributed by atoms with E-state index in [1.807, 2.05) is 0 Å². The van der Waals surface area contributed by atoms with Gasteiger partial charge in [-0.3, -0.25) is 4.79 Å². The largest absolute Gasteiger partial charge is 0.480 e. The van der Waals surface area contributed by atoms with Gasteiger partial charge in [0, 0.05) is 5.75 Å². The van der Waals surface area contributed by atoms with Crippen LogP contribution in [0.4, 0.5) is 9.28 Å². The Morgan fingerprint density at radius 2 is 1.92 bits per heavy atom. The van der Waals surface area contributed by atoms with E-state index in [1.54, 1.807) is 20.8 Å². The van der Waals surface area contributed by atoms with Crippen molar-refractivity contribution >= 4 is 30.6 Å². The lowest BCUT2D eigenvalue weighted by Crippen LogP contribution is -2.52. The SMILES string of the molecule is CC(C)(C)OC(=O)N[C@@H](CCCCN)C(=O)N(F)[C@@H](CS)C(=O)O. The second-order valence-corrected chi connectivity index (χ2v) is 6.53. The number of hydrogen-bond acceptors (Lipinski definition) is 6. The van der Waals surface area contributed by atoms with Gasteiger partial charge in [0.15, 0.2) is 6.04 Å². The summed E-state index contributed by atoms with van der Waals surface area (Å²) in [6.45, 7) is 5.29. The lowest BCUT2D eigenvalue weighted by Gasteiger charge is -2.26. The van der Waals surface area contributed by atoms with Gasteiger partial charge >= 0.3 is 12.1 Å². The fourth-order valence-electron chi connectivity index (χ4n) is 1.75. The van der Waals surface area contributed by atoms with Crippen molar-refractivity contribution < 1.29 is 28.7 Å². The van der Waals surface area contributed by atoms with Gasteiger partial charge in [0.05, 0.1) is 0 Å². The maximum Gasteiger partial charge on any atom is 0.408 e. The van der Waals surface area contributed by atoms with Gasteiger partial charge in [-0.25, -0.2) is 9.59 Å². The highest BCUT2D eigenvalue weighted by Crippen LogP contribution is 2.12. The van der Waals surface area contributed by atoms with Crippen LogP contribution in [0.3, 0.4) is 0 Å². The molecule has 0 rings (SSSR count). The van der Waals surface area contributed by atoms with E-state index in [9.17, 15) is 18.9 Å². The van der Waals surface area contributed by atoms with Crippen LogP contribution in [0.5, 0.6) is 0 Å². The van der Waals surface area contributed by atoms with Crippen molar-refractivity contribution in [3.05, 3.63) is 0 Å². The highest BCUT2D eigenvalue weighted by molar-refractivity contribution is 7.80. The number of nitrogens with one attached hydrogen (secondary N) is 1. The fraction of sp³-hybridized carbons (Fsp3) is 0.786. The zero-order valence-corrected chi connectivity index (χ0v) is 15.0. The summed E-state index contributed by atoms with van der Waals surface area (Å²) in [5.74, 6) is -3.10. The lowest BCUT2D eigenvalue weighted by molar-refractivity contribution is -0.165. The van der Waals surface area contributed by atoms with Gasteiger partial charge in [0.25, 0.3) is 5.91 Å². The Hall–Kier alpha value is -1.55. The van der Waals surface area contributed by atoms with Gasteiger partial charge in [-0.05, 0) is 46.6 Å². The highest BCUT2D eigenvalue weighted by atomic mass is 32.1. The van der Waals surface area contributed by atoms with Crippen LogP contribution in [0.1, 0.15) is 40.0 Å². The molecular weight excluding hydrogens is 341 g/mol. The Morgan fingerprint density at radius 1 is 1.33 bits per heavy atom. The molecule has 0 unspecified atom stereocenters. The van der Waals surface area contributed by atoms with E-state index in [1.165, 1.54) is 0 Å². The molecular formula is C14H26FN3O5S. The average Bonchev–Trinajstić information content (AvgIpc) is 2.43. The van der Waals surface area contributed by atoms with Gasteiger partial charge in [0.1, 0.15) is 11.6 Å². The summed E-state index contributed by atoms with van der Waals surface area (Å²) < 4.78 is 19.1. The number of carbonyl (C=O) groups is 3. The molecule has 0 aliphatic carbocycles. The molecule has 4 N–H and O–H groups in total. The minimum Gasteiger partial charge on any atom is -0.480 e. The third-order valence-corrected chi connectivity index (χ3v) is 3.22. The number of unbranched alkanes of at least 4 members (excludes halogenated alkanes) is 1. The summed E-state index contributed by atoms with van der Waals surface area (Å²) >= 11 is 3.73. The fourth-order valence-corrected chi connectivity index (χ4v) is 2.05. The van der Waals surface area contributed by atoms with Crippen LogP contribution >= 0.6 is 12.6 Å². The zero-order chi connectivity index (χ0) is 18.9. The van der Waals surface area contributed by atoms with Crippen molar-refractivity contribution in [2.75, 3.05) is 12.3 Å². The number of rotatable bonds is 9. The van der Waals surface area contributed by atoms with Crippen LogP contribution in [-0.4, -0.2) is 58.2 Å². The van der Waals surface area contributed by atoms with Crippen LogP contribution in [0.25, 0.3) is 0 Å². The predicted octanol–water partition coefficient (Wildman–Crippen LogP) is 1.10. The summed E-state index contributed by atoms with van der Waals surface area (Å²) in [7, 11) is 0. The number of nitrogens with two attached hydrogens (primary N) is 1. The molecule has 0 saturated carbocycles. The van der Waals surface area contributed by atoms with Crippen molar-refractivity contribution in [1.29, 1.82) is 0 Å². The molecule has 0 radical (unpaired) electrons. The van der Waals surface area contributed by atoms with Gasteiger partial charge < -0.3 is 20.9 Å². The summed E-state index contributed by atoms with van der Waals surface area (Å²) in [4.78, 5) is 35.0. The molecule has 0 saturated heterocycles.